The van der Waals surface area contributed by atoms with E-state index in [1.165, 1.54) is 0 Å². The van der Waals surface area contributed by atoms with E-state index in [0.29, 0.717) is 19.3 Å². The normalized spacial score (nSPS) is 15.0. The Bertz CT molecular complexity index is 976. The Morgan fingerprint density at radius 1 is 1.03 bits per heavy atom. The fourth-order valence-corrected chi connectivity index (χ4v) is 4.19. The van der Waals surface area contributed by atoms with Crippen LogP contribution in [0.5, 0.6) is 0 Å². The standard InChI is InChI=1S/C26H32N2O5/c1-4-17(14-15-23(29)30)27-24(31)26(3,5-2)28-25(32)33-16-22-20-12-8-6-10-18(20)19-11-7-9-13-21(19)22/h6-13,17,22H,4-5,14-16H2,1-3H3,(H,27,31)(H,28,32)(H,29,30). The van der Waals surface area contributed by atoms with Crippen LogP contribution < -0.4 is 10.6 Å². The molecule has 0 saturated heterocycles. The van der Waals surface area contributed by atoms with Gasteiger partial charge in [-0.25, -0.2) is 4.79 Å². The number of nitrogens with one attached hydrogen (secondary N) is 2. The molecule has 2 atom stereocenters. The number of carboxylic acid groups (broad SMARTS) is 1. The first kappa shape index (κ1) is 24.3. The number of carbonyl (C=O) groups excluding carboxylic acids is 2. The van der Waals surface area contributed by atoms with Crippen LogP contribution in [0.2, 0.25) is 0 Å². The second kappa shape index (κ2) is 10.5. The smallest absolute Gasteiger partial charge is 0.408 e. The molecule has 2 aromatic carbocycles. The number of rotatable bonds is 10. The molecule has 176 valence electrons. The summed E-state index contributed by atoms with van der Waals surface area (Å²) in [6.07, 6.45) is 0.612. The van der Waals surface area contributed by atoms with Gasteiger partial charge in [0.1, 0.15) is 12.1 Å². The zero-order chi connectivity index (χ0) is 24.0. The van der Waals surface area contributed by atoms with Gasteiger partial charge in [0.2, 0.25) is 5.91 Å². The lowest BCUT2D eigenvalue weighted by Gasteiger charge is -2.30. The minimum atomic E-state index is -1.17. The highest BCUT2D eigenvalue weighted by Crippen LogP contribution is 2.44. The Kier molecular flexibility index (Phi) is 7.74. The fourth-order valence-electron chi connectivity index (χ4n) is 4.19. The highest BCUT2D eigenvalue weighted by atomic mass is 16.5. The van der Waals surface area contributed by atoms with Gasteiger partial charge in [0.15, 0.2) is 0 Å². The van der Waals surface area contributed by atoms with Crippen molar-refractivity contribution < 1.29 is 24.2 Å². The Labute approximate surface area is 194 Å². The minimum absolute atomic E-state index is 0.0264. The highest BCUT2D eigenvalue weighted by molar-refractivity contribution is 5.89. The monoisotopic (exact) mass is 452 g/mol. The van der Waals surface area contributed by atoms with Gasteiger partial charge in [-0.15, -0.1) is 0 Å². The Morgan fingerprint density at radius 3 is 2.12 bits per heavy atom. The lowest BCUT2D eigenvalue weighted by atomic mass is 9.96. The molecule has 0 spiro atoms. The number of hydrogen-bond acceptors (Lipinski definition) is 4. The van der Waals surface area contributed by atoms with E-state index >= 15 is 0 Å². The van der Waals surface area contributed by atoms with Gasteiger partial charge in [0.25, 0.3) is 0 Å². The van der Waals surface area contributed by atoms with Gasteiger partial charge >= 0.3 is 12.1 Å². The number of alkyl carbamates (subject to hydrolysis) is 1. The summed E-state index contributed by atoms with van der Waals surface area (Å²) >= 11 is 0. The quantitative estimate of drug-likeness (QED) is 0.494. The van der Waals surface area contributed by atoms with Crippen LogP contribution in [0.15, 0.2) is 48.5 Å². The van der Waals surface area contributed by atoms with E-state index in [9.17, 15) is 14.4 Å². The molecular formula is C26H32N2O5. The first-order chi connectivity index (χ1) is 15.8. The molecule has 0 bridgehead atoms. The number of carbonyl (C=O) groups is 3. The molecule has 7 nitrogen and oxygen atoms in total. The minimum Gasteiger partial charge on any atom is -0.481 e. The van der Waals surface area contributed by atoms with E-state index in [2.05, 4.69) is 22.8 Å². The third kappa shape index (κ3) is 5.53. The summed E-state index contributed by atoms with van der Waals surface area (Å²) in [6, 6.07) is 15.9. The van der Waals surface area contributed by atoms with Crippen molar-refractivity contribution in [3.05, 3.63) is 59.7 Å². The molecule has 0 radical (unpaired) electrons. The lowest BCUT2D eigenvalue weighted by molar-refractivity contribution is -0.137. The maximum atomic E-state index is 12.9. The van der Waals surface area contributed by atoms with Crippen molar-refractivity contribution in [1.29, 1.82) is 0 Å². The summed E-state index contributed by atoms with van der Waals surface area (Å²) in [6.45, 7) is 5.50. The maximum Gasteiger partial charge on any atom is 0.408 e. The first-order valence-corrected chi connectivity index (χ1v) is 11.4. The van der Waals surface area contributed by atoms with Crippen LogP contribution in [0.4, 0.5) is 4.79 Å². The number of aliphatic carboxylic acids is 1. The lowest BCUT2D eigenvalue weighted by Crippen LogP contribution is -2.58. The van der Waals surface area contributed by atoms with Crippen molar-refractivity contribution in [3.8, 4) is 11.1 Å². The Hall–Kier alpha value is -3.35. The molecule has 2 unspecified atom stereocenters. The molecule has 7 heteroatoms. The average molecular weight is 453 g/mol. The molecular weight excluding hydrogens is 420 g/mol. The summed E-state index contributed by atoms with van der Waals surface area (Å²) < 4.78 is 5.59. The molecule has 0 fully saturated rings. The number of ether oxygens (including phenoxy) is 1. The van der Waals surface area contributed by atoms with Crippen molar-refractivity contribution in [2.75, 3.05) is 6.61 Å². The van der Waals surface area contributed by atoms with E-state index in [-0.39, 0.29) is 30.9 Å². The zero-order valence-corrected chi connectivity index (χ0v) is 19.4. The molecule has 0 aliphatic heterocycles. The van der Waals surface area contributed by atoms with Crippen LogP contribution in [0.3, 0.4) is 0 Å². The van der Waals surface area contributed by atoms with Crippen molar-refractivity contribution >= 4 is 18.0 Å². The SMILES string of the molecule is CCC(CCC(=O)O)NC(=O)C(C)(CC)NC(=O)OCC1c2ccccc2-c2ccccc21. The molecule has 0 saturated carbocycles. The van der Waals surface area contributed by atoms with Crippen LogP contribution in [-0.4, -0.2) is 41.3 Å². The third-order valence-corrected chi connectivity index (χ3v) is 6.46. The second-order valence-electron chi connectivity index (χ2n) is 8.65. The van der Waals surface area contributed by atoms with Crippen LogP contribution in [-0.2, 0) is 14.3 Å². The van der Waals surface area contributed by atoms with Gasteiger partial charge in [0, 0.05) is 18.4 Å². The van der Waals surface area contributed by atoms with Crippen LogP contribution in [0.25, 0.3) is 11.1 Å². The van der Waals surface area contributed by atoms with Gasteiger partial charge in [-0.3, -0.25) is 9.59 Å². The van der Waals surface area contributed by atoms with Gasteiger partial charge in [-0.2, -0.15) is 0 Å². The maximum absolute atomic E-state index is 12.9. The summed E-state index contributed by atoms with van der Waals surface area (Å²) in [7, 11) is 0. The molecule has 2 amide bonds. The van der Waals surface area contributed by atoms with E-state index in [1.54, 1.807) is 6.92 Å². The van der Waals surface area contributed by atoms with Crippen LogP contribution in [0.1, 0.15) is 63.5 Å². The molecule has 1 aliphatic carbocycles. The van der Waals surface area contributed by atoms with Crippen LogP contribution >= 0.6 is 0 Å². The predicted molar refractivity (Wildman–Crippen MR) is 126 cm³/mol. The Morgan fingerprint density at radius 2 is 1.61 bits per heavy atom. The van der Waals surface area contributed by atoms with Crippen LogP contribution in [0, 0.1) is 0 Å². The summed E-state index contributed by atoms with van der Waals surface area (Å²) in [5, 5.41) is 14.5. The van der Waals surface area contributed by atoms with E-state index in [4.69, 9.17) is 9.84 Å². The van der Waals surface area contributed by atoms with Crippen molar-refractivity contribution in [2.24, 2.45) is 0 Å². The third-order valence-electron chi connectivity index (χ3n) is 6.46. The summed E-state index contributed by atoms with van der Waals surface area (Å²) in [5.41, 5.74) is 3.36. The molecule has 0 aromatic heterocycles. The molecule has 3 N–H and O–H groups in total. The largest absolute Gasteiger partial charge is 0.481 e. The summed E-state index contributed by atoms with van der Waals surface area (Å²) in [4.78, 5) is 36.4. The van der Waals surface area contributed by atoms with Gasteiger partial charge < -0.3 is 20.5 Å². The van der Waals surface area contributed by atoms with Gasteiger partial charge in [-0.05, 0) is 48.4 Å². The Balaban J connectivity index is 1.63. The molecule has 33 heavy (non-hydrogen) atoms. The average Bonchev–Trinajstić information content (AvgIpc) is 3.13. The number of amides is 2. The van der Waals surface area contributed by atoms with Gasteiger partial charge in [-0.1, -0.05) is 62.4 Å². The second-order valence-corrected chi connectivity index (χ2v) is 8.65. The predicted octanol–water partition coefficient (Wildman–Crippen LogP) is 4.45. The van der Waals surface area contributed by atoms with Crippen molar-refractivity contribution in [2.45, 2.75) is 64.0 Å². The van der Waals surface area contributed by atoms with Crippen molar-refractivity contribution in [3.63, 3.8) is 0 Å². The number of fused-ring (bicyclic) bond motifs is 3. The van der Waals surface area contributed by atoms with Crippen molar-refractivity contribution in [1.82, 2.24) is 10.6 Å². The van der Waals surface area contributed by atoms with E-state index in [0.717, 1.165) is 22.3 Å². The number of benzene rings is 2. The first-order valence-electron chi connectivity index (χ1n) is 11.4. The zero-order valence-electron chi connectivity index (χ0n) is 19.4. The molecule has 3 rings (SSSR count). The number of carboxylic acids is 1. The topological polar surface area (TPSA) is 105 Å². The van der Waals surface area contributed by atoms with Gasteiger partial charge in [0.05, 0.1) is 0 Å². The number of hydrogen-bond donors (Lipinski definition) is 3. The van der Waals surface area contributed by atoms with E-state index < -0.39 is 17.6 Å². The highest BCUT2D eigenvalue weighted by Gasteiger charge is 2.35. The summed E-state index contributed by atoms with van der Waals surface area (Å²) in [5.74, 6) is -1.32. The molecule has 2 aromatic rings. The molecule has 1 aliphatic rings. The molecule has 0 heterocycles. The van der Waals surface area contributed by atoms with E-state index in [1.807, 2.05) is 50.2 Å². The fraction of sp³-hybridized carbons (Fsp3) is 0.423.